The van der Waals surface area contributed by atoms with E-state index in [1.54, 1.807) is 26.8 Å². The number of hydrogen-bond acceptors (Lipinski definition) is 4. The van der Waals surface area contributed by atoms with Crippen LogP contribution in [0.3, 0.4) is 0 Å². The lowest BCUT2D eigenvalue weighted by molar-refractivity contribution is 0.00849. The largest absolute Gasteiger partial charge is 0.473 e. The summed E-state index contributed by atoms with van der Waals surface area (Å²) in [5, 5.41) is 0.290. The van der Waals surface area contributed by atoms with Crippen molar-refractivity contribution in [3.8, 4) is 5.88 Å². The third kappa shape index (κ3) is 5.59. The highest BCUT2D eigenvalue weighted by Gasteiger charge is 2.34. The number of hydrogen-bond donors (Lipinski definition) is 0. The first kappa shape index (κ1) is 22.3. The van der Waals surface area contributed by atoms with Gasteiger partial charge in [0.1, 0.15) is 29.5 Å². The van der Waals surface area contributed by atoms with Crippen LogP contribution in [0, 0.1) is 11.6 Å². The summed E-state index contributed by atoms with van der Waals surface area (Å²) < 4.78 is 39.6. The number of rotatable bonds is 4. The molecule has 0 bridgehead atoms. The number of carbonyl (C=O) groups excluding carboxylic acids is 1. The molecule has 162 valence electrons. The first-order chi connectivity index (χ1) is 14.1. The maximum atomic E-state index is 14.6. The summed E-state index contributed by atoms with van der Waals surface area (Å²) in [5.74, 6) is -0.871. The lowest BCUT2D eigenvalue weighted by atomic mass is 9.99. The first-order valence-corrected chi connectivity index (χ1v) is 10.2. The van der Waals surface area contributed by atoms with Crippen LogP contribution in [0.2, 0.25) is 5.02 Å². The van der Waals surface area contributed by atoms with Crippen LogP contribution in [0.4, 0.5) is 13.6 Å². The summed E-state index contributed by atoms with van der Waals surface area (Å²) in [7, 11) is 0. The number of benzene rings is 1. The molecule has 8 heteroatoms. The van der Waals surface area contributed by atoms with Crippen molar-refractivity contribution in [1.29, 1.82) is 0 Å². The molecule has 1 atom stereocenters. The van der Waals surface area contributed by atoms with Crippen molar-refractivity contribution in [2.45, 2.75) is 58.3 Å². The van der Waals surface area contributed by atoms with Crippen LogP contribution < -0.4 is 4.74 Å². The molecule has 0 aliphatic carbocycles. The van der Waals surface area contributed by atoms with Gasteiger partial charge < -0.3 is 9.47 Å². The Labute approximate surface area is 179 Å². The Bertz CT molecular complexity index is 918. The molecular formula is C22H25ClF2N2O3. The fourth-order valence-corrected chi connectivity index (χ4v) is 3.46. The number of halogens is 3. The van der Waals surface area contributed by atoms with Gasteiger partial charge in [0.25, 0.3) is 0 Å². The molecule has 0 saturated carbocycles. The lowest BCUT2D eigenvalue weighted by Gasteiger charge is -2.36. The highest BCUT2D eigenvalue weighted by atomic mass is 35.5. The molecule has 1 aliphatic rings. The number of carbonyl (C=O) groups is 1. The quantitative estimate of drug-likeness (QED) is 0.582. The van der Waals surface area contributed by atoms with E-state index in [-0.39, 0.29) is 23.2 Å². The highest BCUT2D eigenvalue weighted by molar-refractivity contribution is 6.30. The SMILES string of the molecule is CC(C)(C)OC(=O)N1CCCCC1c1nc(OCc2ccc(Cl)cc2F)ccc1F. The number of amides is 1. The monoisotopic (exact) mass is 438 g/mol. The molecule has 5 nitrogen and oxygen atoms in total. The van der Waals surface area contributed by atoms with Gasteiger partial charge in [-0.3, -0.25) is 4.90 Å². The Hall–Kier alpha value is -2.41. The number of nitrogens with zero attached hydrogens (tertiary/aromatic N) is 2. The summed E-state index contributed by atoms with van der Waals surface area (Å²) in [5.41, 5.74) is -0.228. The van der Waals surface area contributed by atoms with Crippen LogP contribution in [-0.4, -0.2) is 28.1 Å². The van der Waals surface area contributed by atoms with E-state index < -0.39 is 29.4 Å². The Kier molecular flexibility index (Phi) is 6.81. The summed E-state index contributed by atoms with van der Waals surface area (Å²) in [6.45, 7) is 5.73. The number of aromatic nitrogens is 1. The first-order valence-electron chi connectivity index (χ1n) is 9.87. The maximum absolute atomic E-state index is 14.6. The number of ether oxygens (including phenoxy) is 2. The zero-order valence-electron chi connectivity index (χ0n) is 17.3. The van der Waals surface area contributed by atoms with E-state index in [0.717, 1.165) is 12.8 Å². The Balaban J connectivity index is 1.79. The average Bonchev–Trinajstić information content (AvgIpc) is 2.67. The van der Waals surface area contributed by atoms with Crippen LogP contribution in [-0.2, 0) is 11.3 Å². The van der Waals surface area contributed by atoms with Gasteiger partial charge in [-0.25, -0.2) is 18.6 Å². The third-order valence-electron chi connectivity index (χ3n) is 4.68. The summed E-state index contributed by atoms with van der Waals surface area (Å²) >= 11 is 5.76. The molecular weight excluding hydrogens is 414 g/mol. The topological polar surface area (TPSA) is 51.7 Å². The van der Waals surface area contributed by atoms with Gasteiger partial charge in [0.05, 0.1) is 6.04 Å². The highest BCUT2D eigenvalue weighted by Crippen LogP contribution is 2.33. The molecule has 2 heterocycles. The summed E-state index contributed by atoms with van der Waals surface area (Å²) in [6.07, 6.45) is 1.72. The van der Waals surface area contributed by atoms with Crippen molar-refractivity contribution in [1.82, 2.24) is 9.88 Å². The standard InChI is InChI=1S/C22H25ClF2N2O3/c1-22(2,3)30-21(28)27-11-5-4-6-18(27)20-16(24)9-10-19(26-20)29-13-14-7-8-15(23)12-17(14)25/h7-10,12,18H,4-6,11,13H2,1-3H3. The molecule has 30 heavy (non-hydrogen) atoms. The van der Waals surface area contributed by atoms with Crippen molar-refractivity contribution < 1.29 is 23.0 Å². The molecule has 1 aliphatic heterocycles. The van der Waals surface area contributed by atoms with Crippen molar-refractivity contribution >= 4 is 17.7 Å². The van der Waals surface area contributed by atoms with E-state index >= 15 is 0 Å². The lowest BCUT2D eigenvalue weighted by Crippen LogP contribution is -2.42. The molecule has 1 aromatic heterocycles. The number of piperidine rings is 1. The Morgan fingerprint density at radius 1 is 1.20 bits per heavy atom. The van der Waals surface area contributed by atoms with Crippen LogP contribution in [0.1, 0.15) is 57.3 Å². The van der Waals surface area contributed by atoms with Gasteiger partial charge in [-0.05, 0) is 58.2 Å². The molecule has 1 unspecified atom stereocenters. The molecule has 3 rings (SSSR count). The van der Waals surface area contributed by atoms with Crippen molar-refractivity contribution in [2.75, 3.05) is 6.54 Å². The minimum absolute atomic E-state index is 0.0818. The van der Waals surface area contributed by atoms with Crippen LogP contribution in [0.25, 0.3) is 0 Å². The molecule has 0 radical (unpaired) electrons. The van der Waals surface area contributed by atoms with E-state index in [1.165, 1.54) is 29.2 Å². The minimum atomic E-state index is -0.654. The molecule has 0 spiro atoms. The number of likely N-dealkylation sites (tertiary alicyclic amines) is 1. The van der Waals surface area contributed by atoms with Crippen molar-refractivity contribution in [2.24, 2.45) is 0 Å². The maximum Gasteiger partial charge on any atom is 0.410 e. The zero-order valence-corrected chi connectivity index (χ0v) is 18.0. The predicted molar refractivity (Wildman–Crippen MR) is 109 cm³/mol. The van der Waals surface area contributed by atoms with Crippen molar-refractivity contribution in [3.05, 3.63) is 58.2 Å². The molecule has 1 aromatic carbocycles. The number of pyridine rings is 1. The average molecular weight is 439 g/mol. The van der Waals surface area contributed by atoms with Crippen LogP contribution in [0.15, 0.2) is 30.3 Å². The fraction of sp³-hybridized carbons (Fsp3) is 0.455. The van der Waals surface area contributed by atoms with E-state index in [0.29, 0.717) is 18.5 Å². The van der Waals surface area contributed by atoms with E-state index in [9.17, 15) is 13.6 Å². The fourth-order valence-electron chi connectivity index (χ4n) is 3.30. The van der Waals surface area contributed by atoms with Crippen LogP contribution in [0.5, 0.6) is 5.88 Å². The van der Waals surface area contributed by atoms with Gasteiger partial charge >= 0.3 is 6.09 Å². The van der Waals surface area contributed by atoms with Gasteiger partial charge in [0.2, 0.25) is 5.88 Å². The predicted octanol–water partition coefficient (Wildman–Crippen LogP) is 6.05. The van der Waals surface area contributed by atoms with Gasteiger partial charge in [-0.1, -0.05) is 17.7 Å². The summed E-state index contributed by atoms with van der Waals surface area (Å²) in [6, 6.07) is 6.36. The van der Waals surface area contributed by atoms with E-state index in [4.69, 9.17) is 21.1 Å². The van der Waals surface area contributed by atoms with Gasteiger partial charge in [-0.2, -0.15) is 0 Å². The molecule has 2 aromatic rings. The molecule has 0 N–H and O–H groups in total. The molecule has 1 saturated heterocycles. The second-order valence-electron chi connectivity index (χ2n) is 8.23. The molecule has 1 amide bonds. The second kappa shape index (κ2) is 9.16. The second-order valence-corrected chi connectivity index (χ2v) is 8.66. The summed E-state index contributed by atoms with van der Waals surface area (Å²) in [4.78, 5) is 18.4. The van der Waals surface area contributed by atoms with Crippen LogP contribution >= 0.6 is 11.6 Å². The normalized spacial score (nSPS) is 17.0. The minimum Gasteiger partial charge on any atom is -0.473 e. The Morgan fingerprint density at radius 3 is 2.67 bits per heavy atom. The third-order valence-corrected chi connectivity index (χ3v) is 4.92. The zero-order chi connectivity index (χ0) is 21.9. The van der Waals surface area contributed by atoms with E-state index in [1.807, 2.05) is 0 Å². The molecule has 1 fully saturated rings. The van der Waals surface area contributed by atoms with Gasteiger partial charge in [-0.15, -0.1) is 0 Å². The smallest absolute Gasteiger partial charge is 0.410 e. The van der Waals surface area contributed by atoms with Gasteiger partial charge in [0, 0.05) is 23.2 Å². The van der Waals surface area contributed by atoms with Gasteiger partial charge in [0.15, 0.2) is 0 Å². The van der Waals surface area contributed by atoms with Crippen molar-refractivity contribution in [3.63, 3.8) is 0 Å². The Morgan fingerprint density at radius 2 is 1.97 bits per heavy atom. The van der Waals surface area contributed by atoms with E-state index in [2.05, 4.69) is 4.98 Å².